The van der Waals surface area contributed by atoms with E-state index in [0.717, 1.165) is 25.7 Å². The van der Waals surface area contributed by atoms with Crippen LogP contribution in [0, 0.1) is 0 Å². The molecule has 0 N–H and O–H groups in total. The first kappa shape index (κ1) is 9.56. The number of carbonyl (C=O) groups is 1. The Kier molecular flexibility index (Phi) is 2.75. The van der Waals surface area contributed by atoms with Crippen LogP contribution >= 0.6 is 0 Å². The van der Waals surface area contributed by atoms with Crippen LogP contribution < -0.4 is 0 Å². The van der Waals surface area contributed by atoms with Crippen molar-refractivity contribution < 1.29 is 9.53 Å². The minimum Gasteiger partial charge on any atom is -0.449 e. The van der Waals surface area contributed by atoms with Crippen molar-refractivity contribution in [3.05, 3.63) is 12.7 Å². The maximum absolute atomic E-state index is 11.6. The van der Waals surface area contributed by atoms with Gasteiger partial charge in [-0.3, -0.25) is 0 Å². The molecule has 0 spiro atoms. The highest BCUT2D eigenvalue weighted by Gasteiger charge is 2.37. The van der Waals surface area contributed by atoms with E-state index < -0.39 is 0 Å². The van der Waals surface area contributed by atoms with Gasteiger partial charge in [-0.1, -0.05) is 6.08 Å². The second kappa shape index (κ2) is 4.03. The van der Waals surface area contributed by atoms with Gasteiger partial charge in [0, 0.05) is 18.5 Å². The third-order valence-corrected chi connectivity index (χ3v) is 3.19. The number of carbonyl (C=O) groups excluding carboxylic acids is 1. The van der Waals surface area contributed by atoms with Gasteiger partial charge in [0.05, 0.1) is 6.61 Å². The Morgan fingerprint density at radius 3 is 3.14 bits per heavy atom. The van der Waals surface area contributed by atoms with E-state index >= 15 is 0 Å². The zero-order valence-electron chi connectivity index (χ0n) is 8.45. The van der Waals surface area contributed by atoms with E-state index in [0.29, 0.717) is 18.7 Å². The van der Waals surface area contributed by atoms with E-state index in [1.54, 1.807) is 0 Å². The van der Waals surface area contributed by atoms with Gasteiger partial charge in [0.25, 0.3) is 0 Å². The number of rotatable bonds is 2. The standard InChI is InChI=1S/C11H17NO2/c1-2-4-9-5-3-6-10-7-8-14-11(13)12(9)10/h2,9-10H,1,3-8H2/t9-,10+/m0/s1. The van der Waals surface area contributed by atoms with Gasteiger partial charge in [-0.15, -0.1) is 6.58 Å². The molecule has 2 aliphatic rings. The van der Waals surface area contributed by atoms with Crippen molar-refractivity contribution in [3.63, 3.8) is 0 Å². The maximum atomic E-state index is 11.6. The van der Waals surface area contributed by atoms with E-state index in [4.69, 9.17) is 4.74 Å². The Hall–Kier alpha value is -0.990. The molecule has 0 aromatic carbocycles. The molecular formula is C11H17NO2. The SMILES string of the molecule is C=CC[C@H]1CCC[C@@H]2CCOC(=O)N21. The molecule has 0 bridgehead atoms. The molecule has 14 heavy (non-hydrogen) atoms. The molecule has 2 saturated heterocycles. The van der Waals surface area contributed by atoms with Crippen LogP contribution in [0.1, 0.15) is 32.1 Å². The Morgan fingerprint density at radius 2 is 2.36 bits per heavy atom. The van der Waals surface area contributed by atoms with E-state index in [1.165, 1.54) is 6.42 Å². The molecule has 0 unspecified atom stereocenters. The predicted molar refractivity (Wildman–Crippen MR) is 54.0 cm³/mol. The minimum absolute atomic E-state index is 0.118. The van der Waals surface area contributed by atoms with Gasteiger partial charge in [-0.2, -0.15) is 0 Å². The number of amides is 1. The van der Waals surface area contributed by atoms with Crippen molar-refractivity contribution in [2.75, 3.05) is 6.61 Å². The second-order valence-electron chi connectivity index (χ2n) is 4.07. The first-order chi connectivity index (χ1) is 6.83. The third kappa shape index (κ3) is 1.63. The van der Waals surface area contributed by atoms with Crippen molar-refractivity contribution in [1.29, 1.82) is 0 Å². The number of piperidine rings is 1. The van der Waals surface area contributed by atoms with Crippen LogP contribution in [0.4, 0.5) is 4.79 Å². The Morgan fingerprint density at radius 1 is 1.50 bits per heavy atom. The van der Waals surface area contributed by atoms with Crippen molar-refractivity contribution in [1.82, 2.24) is 4.90 Å². The van der Waals surface area contributed by atoms with Crippen molar-refractivity contribution >= 4 is 6.09 Å². The lowest BCUT2D eigenvalue weighted by atomic mass is 9.92. The monoisotopic (exact) mass is 195 g/mol. The Labute approximate surface area is 84.7 Å². The lowest BCUT2D eigenvalue weighted by Crippen LogP contribution is -2.53. The molecule has 3 nitrogen and oxygen atoms in total. The summed E-state index contributed by atoms with van der Waals surface area (Å²) in [5.74, 6) is 0. The number of nitrogens with zero attached hydrogens (tertiary/aromatic N) is 1. The van der Waals surface area contributed by atoms with Crippen molar-refractivity contribution in [2.45, 2.75) is 44.2 Å². The zero-order valence-corrected chi connectivity index (χ0v) is 8.45. The molecule has 2 heterocycles. The minimum atomic E-state index is -0.118. The van der Waals surface area contributed by atoms with Crippen molar-refractivity contribution in [3.8, 4) is 0 Å². The third-order valence-electron chi connectivity index (χ3n) is 3.19. The van der Waals surface area contributed by atoms with E-state index in [9.17, 15) is 4.79 Å². The van der Waals surface area contributed by atoms with Gasteiger partial charge in [-0.05, 0) is 25.7 Å². The zero-order chi connectivity index (χ0) is 9.97. The average Bonchev–Trinajstić information content (AvgIpc) is 2.19. The second-order valence-corrected chi connectivity index (χ2v) is 4.07. The number of cyclic esters (lactones) is 1. The maximum Gasteiger partial charge on any atom is 0.410 e. The van der Waals surface area contributed by atoms with Gasteiger partial charge < -0.3 is 9.64 Å². The van der Waals surface area contributed by atoms with E-state index in [-0.39, 0.29) is 6.09 Å². The van der Waals surface area contributed by atoms with Crippen LogP contribution in [0.25, 0.3) is 0 Å². The summed E-state index contributed by atoms with van der Waals surface area (Å²) in [6.07, 6.45) is 7.14. The topological polar surface area (TPSA) is 29.5 Å². The van der Waals surface area contributed by atoms with Crippen LogP contribution in [-0.4, -0.2) is 29.7 Å². The number of fused-ring (bicyclic) bond motifs is 1. The molecule has 0 saturated carbocycles. The number of hydrogen-bond acceptors (Lipinski definition) is 2. The van der Waals surface area contributed by atoms with Gasteiger partial charge in [0.1, 0.15) is 0 Å². The first-order valence-electron chi connectivity index (χ1n) is 5.39. The normalized spacial score (nSPS) is 32.0. The molecule has 2 aliphatic heterocycles. The van der Waals surface area contributed by atoms with Crippen LogP contribution in [0.2, 0.25) is 0 Å². The molecule has 0 aromatic rings. The van der Waals surface area contributed by atoms with Gasteiger partial charge >= 0.3 is 6.09 Å². The average molecular weight is 195 g/mol. The highest BCUT2D eigenvalue weighted by Crippen LogP contribution is 2.30. The summed E-state index contributed by atoms with van der Waals surface area (Å²) in [5, 5.41) is 0. The molecule has 0 aliphatic carbocycles. The lowest BCUT2D eigenvalue weighted by molar-refractivity contribution is 0.00505. The van der Waals surface area contributed by atoms with E-state index in [2.05, 4.69) is 6.58 Å². The summed E-state index contributed by atoms with van der Waals surface area (Å²) in [4.78, 5) is 13.5. The highest BCUT2D eigenvalue weighted by molar-refractivity contribution is 5.69. The fourth-order valence-electron chi connectivity index (χ4n) is 2.53. The summed E-state index contributed by atoms with van der Waals surface area (Å²) < 4.78 is 5.08. The summed E-state index contributed by atoms with van der Waals surface area (Å²) in [5.41, 5.74) is 0. The Bertz CT molecular complexity index is 237. The molecule has 2 rings (SSSR count). The summed E-state index contributed by atoms with van der Waals surface area (Å²) >= 11 is 0. The van der Waals surface area contributed by atoms with E-state index in [1.807, 2.05) is 11.0 Å². The summed E-state index contributed by atoms with van der Waals surface area (Å²) in [7, 11) is 0. The van der Waals surface area contributed by atoms with Gasteiger partial charge in [0.15, 0.2) is 0 Å². The van der Waals surface area contributed by atoms with Crippen LogP contribution in [0.5, 0.6) is 0 Å². The summed E-state index contributed by atoms with van der Waals surface area (Å²) in [6.45, 7) is 4.34. The molecule has 0 radical (unpaired) electrons. The van der Waals surface area contributed by atoms with Crippen LogP contribution in [0.15, 0.2) is 12.7 Å². The fraction of sp³-hybridized carbons (Fsp3) is 0.727. The van der Waals surface area contributed by atoms with Crippen LogP contribution in [0.3, 0.4) is 0 Å². The van der Waals surface area contributed by atoms with Crippen LogP contribution in [-0.2, 0) is 4.74 Å². The predicted octanol–water partition coefficient (Wildman–Crippen LogP) is 2.33. The molecule has 2 fully saturated rings. The van der Waals surface area contributed by atoms with Gasteiger partial charge in [0.2, 0.25) is 0 Å². The largest absolute Gasteiger partial charge is 0.449 e. The van der Waals surface area contributed by atoms with Crippen molar-refractivity contribution in [2.24, 2.45) is 0 Å². The highest BCUT2D eigenvalue weighted by atomic mass is 16.6. The molecule has 3 heteroatoms. The number of ether oxygens (including phenoxy) is 1. The molecule has 78 valence electrons. The first-order valence-corrected chi connectivity index (χ1v) is 5.39. The molecule has 1 amide bonds. The summed E-state index contributed by atoms with van der Waals surface area (Å²) in [6, 6.07) is 0.758. The van der Waals surface area contributed by atoms with Gasteiger partial charge in [-0.25, -0.2) is 4.79 Å². The molecule has 2 atom stereocenters. The number of hydrogen-bond donors (Lipinski definition) is 0. The molecular weight excluding hydrogens is 178 g/mol. The lowest BCUT2D eigenvalue weighted by Gasteiger charge is -2.43. The fourth-order valence-corrected chi connectivity index (χ4v) is 2.53. The quantitative estimate of drug-likeness (QED) is 0.633. The Balaban J connectivity index is 2.10. The smallest absolute Gasteiger partial charge is 0.410 e. The molecule has 0 aromatic heterocycles.